The van der Waals surface area contributed by atoms with E-state index >= 15 is 0 Å². The first-order valence-corrected chi connectivity index (χ1v) is 3.14. The van der Waals surface area contributed by atoms with Gasteiger partial charge in [-0.1, -0.05) is 0 Å². The maximum absolute atomic E-state index is 10.1. The molecule has 0 aromatic carbocycles. The smallest absolute Gasteiger partial charge is 0.544 e. The summed E-state index contributed by atoms with van der Waals surface area (Å²) in [4.78, 5) is 10.2. The maximum atomic E-state index is 10.1. The summed E-state index contributed by atoms with van der Waals surface area (Å²) in [5, 5.41) is 11.7. The van der Waals surface area contributed by atoms with Crippen molar-refractivity contribution in [2.45, 2.75) is 0 Å². The van der Waals surface area contributed by atoms with Crippen LogP contribution in [0.25, 0.3) is 0 Å². The minimum atomic E-state index is -1.21. The van der Waals surface area contributed by atoms with Gasteiger partial charge in [0.1, 0.15) is 0 Å². The van der Waals surface area contributed by atoms with Crippen molar-refractivity contribution in [1.82, 2.24) is 0 Å². The number of anilines is 1. The average Bonchev–Trinajstić information content (AvgIpc) is 2.13. The van der Waals surface area contributed by atoms with E-state index in [1.54, 1.807) is 5.38 Å². The molecule has 0 spiro atoms. The standard InChI is InChI=1S/C5H5NO2S.K/c6-3-1-2-9-4(3)5(7)8;/h1-2H,6H2,(H,7,8);/q;+1/p-1. The van der Waals surface area contributed by atoms with Crippen LogP contribution in [-0.4, -0.2) is 5.97 Å². The quantitative estimate of drug-likeness (QED) is 0.462. The van der Waals surface area contributed by atoms with Crippen LogP contribution in [0.1, 0.15) is 9.67 Å². The summed E-state index contributed by atoms with van der Waals surface area (Å²) in [6, 6.07) is 1.54. The van der Waals surface area contributed by atoms with Crippen LogP contribution < -0.4 is 62.2 Å². The maximum Gasteiger partial charge on any atom is 1.00 e. The Morgan fingerprint density at radius 1 is 1.70 bits per heavy atom. The molecule has 0 aliphatic heterocycles. The molecule has 0 amide bonds. The zero-order chi connectivity index (χ0) is 6.85. The summed E-state index contributed by atoms with van der Waals surface area (Å²) < 4.78 is 0. The molecule has 0 unspecified atom stereocenters. The summed E-state index contributed by atoms with van der Waals surface area (Å²) in [5.74, 6) is -1.21. The molecule has 0 atom stereocenters. The Hall–Kier alpha value is 0.606. The van der Waals surface area contributed by atoms with Gasteiger partial charge in [0.2, 0.25) is 0 Å². The second-order valence-corrected chi connectivity index (χ2v) is 2.41. The van der Waals surface area contributed by atoms with Gasteiger partial charge in [-0.2, -0.15) is 0 Å². The number of aromatic carboxylic acids is 1. The third-order valence-corrected chi connectivity index (χ3v) is 1.79. The van der Waals surface area contributed by atoms with E-state index in [0.717, 1.165) is 11.3 Å². The molecule has 10 heavy (non-hydrogen) atoms. The Morgan fingerprint density at radius 2 is 2.30 bits per heavy atom. The van der Waals surface area contributed by atoms with Crippen LogP contribution >= 0.6 is 11.3 Å². The van der Waals surface area contributed by atoms with E-state index in [1.165, 1.54) is 6.07 Å². The van der Waals surface area contributed by atoms with Crippen LogP contribution in [0.3, 0.4) is 0 Å². The number of rotatable bonds is 1. The van der Waals surface area contributed by atoms with E-state index < -0.39 is 5.97 Å². The van der Waals surface area contributed by atoms with Crippen molar-refractivity contribution in [1.29, 1.82) is 0 Å². The number of carboxylic acid groups (broad SMARTS) is 1. The fraction of sp³-hybridized carbons (Fsp3) is 0. The molecule has 2 N–H and O–H groups in total. The molecule has 0 fully saturated rings. The zero-order valence-electron chi connectivity index (χ0n) is 5.46. The second kappa shape index (κ2) is 4.48. The predicted molar refractivity (Wildman–Crippen MR) is 33.1 cm³/mol. The van der Waals surface area contributed by atoms with Crippen LogP contribution in [-0.2, 0) is 0 Å². The number of hydrogen-bond donors (Lipinski definition) is 1. The van der Waals surface area contributed by atoms with E-state index in [2.05, 4.69) is 0 Å². The third kappa shape index (κ3) is 2.33. The van der Waals surface area contributed by atoms with E-state index in [0.29, 0.717) is 0 Å². The minimum Gasteiger partial charge on any atom is -0.544 e. The number of hydrogen-bond acceptors (Lipinski definition) is 4. The van der Waals surface area contributed by atoms with Crippen molar-refractivity contribution in [2.24, 2.45) is 0 Å². The zero-order valence-corrected chi connectivity index (χ0v) is 9.40. The molecule has 3 nitrogen and oxygen atoms in total. The molecule has 1 aromatic heterocycles. The molecule has 48 valence electrons. The topological polar surface area (TPSA) is 66.2 Å². The molecule has 0 bridgehead atoms. The van der Waals surface area contributed by atoms with Crippen LogP contribution in [0.15, 0.2) is 11.4 Å². The molecule has 1 aromatic rings. The molecule has 5 heteroatoms. The Bertz CT molecular complexity index is 235. The van der Waals surface area contributed by atoms with Crippen molar-refractivity contribution in [3.05, 3.63) is 16.3 Å². The number of carboxylic acids is 1. The number of carbonyl (C=O) groups is 1. The first-order chi connectivity index (χ1) is 4.22. The van der Waals surface area contributed by atoms with Gasteiger partial charge in [0, 0.05) is 0 Å². The van der Waals surface area contributed by atoms with Gasteiger partial charge in [-0.15, -0.1) is 11.3 Å². The molecule has 0 saturated carbocycles. The van der Waals surface area contributed by atoms with E-state index in [1.807, 2.05) is 0 Å². The number of carbonyl (C=O) groups excluding carboxylic acids is 1. The van der Waals surface area contributed by atoms with E-state index in [9.17, 15) is 9.90 Å². The molecule has 0 aliphatic rings. The Kier molecular flexibility index (Phi) is 4.75. The second-order valence-electron chi connectivity index (χ2n) is 1.49. The average molecular weight is 181 g/mol. The van der Waals surface area contributed by atoms with Gasteiger partial charge in [0.25, 0.3) is 0 Å². The first kappa shape index (κ1) is 10.6. The van der Waals surface area contributed by atoms with Crippen molar-refractivity contribution in [3.63, 3.8) is 0 Å². The van der Waals surface area contributed by atoms with Gasteiger partial charge < -0.3 is 15.6 Å². The summed E-state index contributed by atoms with van der Waals surface area (Å²) in [6.45, 7) is 0. The summed E-state index contributed by atoms with van der Waals surface area (Å²) >= 11 is 1.07. The van der Waals surface area contributed by atoms with Gasteiger partial charge >= 0.3 is 51.4 Å². The van der Waals surface area contributed by atoms with Gasteiger partial charge in [-0.05, 0) is 11.4 Å². The molecule has 1 heterocycles. The summed E-state index contributed by atoms with van der Waals surface area (Å²) in [6.07, 6.45) is 0. The van der Waals surface area contributed by atoms with Gasteiger partial charge in [0.15, 0.2) is 0 Å². The van der Waals surface area contributed by atoms with Crippen molar-refractivity contribution in [2.75, 3.05) is 5.73 Å². The number of thiophene rings is 1. The molecular weight excluding hydrogens is 177 g/mol. The minimum absolute atomic E-state index is 0. The molecule has 0 radical (unpaired) electrons. The molecule has 1 rings (SSSR count). The largest absolute Gasteiger partial charge is 1.00 e. The molecular formula is C5H4KNO2S. The predicted octanol–water partition coefficient (Wildman–Crippen LogP) is -3.30. The Labute approximate surface area is 105 Å². The van der Waals surface area contributed by atoms with Crippen molar-refractivity contribution >= 4 is 23.0 Å². The van der Waals surface area contributed by atoms with Gasteiger partial charge in [-0.3, -0.25) is 0 Å². The van der Waals surface area contributed by atoms with Gasteiger partial charge in [-0.25, -0.2) is 0 Å². The Balaban J connectivity index is 0.000000810. The normalized spacial score (nSPS) is 8.40. The number of nitrogen functional groups attached to an aromatic ring is 1. The molecule has 0 saturated heterocycles. The first-order valence-electron chi connectivity index (χ1n) is 2.26. The van der Waals surface area contributed by atoms with Crippen LogP contribution in [0.2, 0.25) is 0 Å². The number of nitrogens with two attached hydrogens (primary N) is 1. The van der Waals surface area contributed by atoms with E-state index in [4.69, 9.17) is 5.73 Å². The fourth-order valence-corrected chi connectivity index (χ4v) is 1.14. The summed E-state index contributed by atoms with van der Waals surface area (Å²) in [5.41, 5.74) is 5.51. The van der Waals surface area contributed by atoms with Crippen LogP contribution in [0.5, 0.6) is 0 Å². The van der Waals surface area contributed by atoms with Crippen LogP contribution in [0, 0.1) is 0 Å². The van der Waals surface area contributed by atoms with E-state index in [-0.39, 0.29) is 61.9 Å². The Morgan fingerprint density at radius 3 is 2.50 bits per heavy atom. The van der Waals surface area contributed by atoms with Crippen LogP contribution in [0.4, 0.5) is 5.69 Å². The summed E-state index contributed by atoms with van der Waals surface area (Å²) in [7, 11) is 0. The monoisotopic (exact) mass is 181 g/mol. The molecule has 0 aliphatic carbocycles. The van der Waals surface area contributed by atoms with Crippen molar-refractivity contribution < 1.29 is 61.3 Å². The van der Waals surface area contributed by atoms with Crippen molar-refractivity contribution in [3.8, 4) is 0 Å². The fourth-order valence-electron chi connectivity index (χ4n) is 0.485. The van der Waals surface area contributed by atoms with Gasteiger partial charge in [0.05, 0.1) is 16.5 Å². The SMILES string of the molecule is Nc1ccsc1C(=O)[O-].[K+]. The third-order valence-electron chi connectivity index (χ3n) is 0.881.